The van der Waals surface area contributed by atoms with Crippen LogP contribution in [-0.4, -0.2) is 12.1 Å². The predicted molar refractivity (Wildman–Crippen MR) is 69.1 cm³/mol. The summed E-state index contributed by atoms with van der Waals surface area (Å²) in [5.41, 5.74) is 8.66. The van der Waals surface area contributed by atoms with Crippen molar-refractivity contribution in [2.24, 2.45) is 0 Å². The molecule has 3 nitrogen and oxygen atoms in total. The summed E-state index contributed by atoms with van der Waals surface area (Å²) in [5.74, 6) is 0.371. The first-order chi connectivity index (χ1) is 8.61. The Morgan fingerprint density at radius 1 is 1.33 bits per heavy atom. The van der Waals surface area contributed by atoms with Gasteiger partial charge in [0.25, 0.3) is 0 Å². The molecule has 2 rings (SSSR count). The third-order valence-corrected chi connectivity index (χ3v) is 2.92. The van der Waals surface area contributed by atoms with Crippen LogP contribution in [0, 0.1) is 12.7 Å². The van der Waals surface area contributed by atoms with E-state index in [0.717, 1.165) is 16.7 Å². The molecular weight excluding hydrogens is 231 g/mol. The molecule has 2 aromatic rings. The second-order valence-electron chi connectivity index (χ2n) is 4.14. The number of halogens is 1. The van der Waals surface area contributed by atoms with Crippen LogP contribution in [0.25, 0.3) is 0 Å². The molecule has 4 heteroatoms. The van der Waals surface area contributed by atoms with Gasteiger partial charge in [0.1, 0.15) is 5.82 Å². The highest BCUT2D eigenvalue weighted by Gasteiger charge is 2.08. The molecular formula is C14H15FN2O. The van der Waals surface area contributed by atoms with E-state index in [1.54, 1.807) is 12.3 Å². The number of nitrogen functional groups attached to an aromatic ring is 1. The summed E-state index contributed by atoms with van der Waals surface area (Å²) in [7, 11) is 1.45. The first-order valence-electron chi connectivity index (χ1n) is 5.64. The molecule has 0 spiro atoms. The standard InChI is InChI=1S/C14H15FN2O/c1-9-5-6-17-14(16)11(9)7-10-3-4-13(18-2)12(15)8-10/h3-6,8H,7H2,1-2H3,(H2,16,17). The SMILES string of the molecule is COc1ccc(Cc2c(C)ccnc2N)cc1F. The lowest BCUT2D eigenvalue weighted by molar-refractivity contribution is 0.386. The van der Waals surface area contributed by atoms with Gasteiger partial charge in [0.15, 0.2) is 11.6 Å². The minimum Gasteiger partial charge on any atom is -0.494 e. The lowest BCUT2D eigenvalue weighted by atomic mass is 10.0. The molecule has 94 valence electrons. The zero-order valence-electron chi connectivity index (χ0n) is 10.4. The molecule has 0 radical (unpaired) electrons. The summed E-state index contributed by atoms with van der Waals surface area (Å²) in [6.07, 6.45) is 2.23. The summed E-state index contributed by atoms with van der Waals surface area (Å²) in [6.45, 7) is 1.97. The number of rotatable bonds is 3. The molecule has 0 fully saturated rings. The highest BCUT2D eigenvalue weighted by Crippen LogP contribution is 2.22. The third kappa shape index (κ3) is 2.42. The fourth-order valence-corrected chi connectivity index (χ4v) is 1.86. The van der Waals surface area contributed by atoms with Crippen molar-refractivity contribution in [2.75, 3.05) is 12.8 Å². The molecule has 18 heavy (non-hydrogen) atoms. The van der Waals surface area contributed by atoms with Crippen LogP contribution in [-0.2, 0) is 6.42 Å². The number of nitrogens with two attached hydrogens (primary N) is 1. The average Bonchev–Trinajstić information content (AvgIpc) is 2.34. The van der Waals surface area contributed by atoms with Gasteiger partial charge in [0.2, 0.25) is 0 Å². The van der Waals surface area contributed by atoms with Crippen LogP contribution in [0.4, 0.5) is 10.2 Å². The summed E-state index contributed by atoms with van der Waals surface area (Å²) in [5, 5.41) is 0. The van der Waals surface area contributed by atoms with Crippen molar-refractivity contribution in [3.8, 4) is 5.75 Å². The Labute approximate surface area is 105 Å². The van der Waals surface area contributed by atoms with Gasteiger partial charge in [-0.2, -0.15) is 0 Å². The lowest BCUT2D eigenvalue weighted by Gasteiger charge is -2.09. The maximum atomic E-state index is 13.6. The molecule has 0 aliphatic rings. The number of pyridine rings is 1. The van der Waals surface area contributed by atoms with E-state index in [1.807, 2.05) is 19.1 Å². The highest BCUT2D eigenvalue weighted by molar-refractivity contribution is 5.47. The summed E-state index contributed by atoms with van der Waals surface area (Å²) < 4.78 is 18.5. The average molecular weight is 246 g/mol. The lowest BCUT2D eigenvalue weighted by Crippen LogP contribution is -2.01. The molecule has 0 bridgehead atoms. The largest absolute Gasteiger partial charge is 0.494 e. The van der Waals surface area contributed by atoms with Gasteiger partial charge in [-0.15, -0.1) is 0 Å². The van der Waals surface area contributed by atoms with Crippen LogP contribution in [0.3, 0.4) is 0 Å². The smallest absolute Gasteiger partial charge is 0.165 e. The van der Waals surface area contributed by atoms with Crippen molar-refractivity contribution >= 4 is 5.82 Å². The Kier molecular flexibility index (Phi) is 3.46. The topological polar surface area (TPSA) is 48.1 Å². The van der Waals surface area contributed by atoms with E-state index in [1.165, 1.54) is 13.2 Å². The monoisotopic (exact) mass is 246 g/mol. The van der Waals surface area contributed by atoms with Crippen molar-refractivity contribution in [1.82, 2.24) is 4.98 Å². The molecule has 0 saturated heterocycles. The van der Waals surface area contributed by atoms with Crippen LogP contribution in [0.2, 0.25) is 0 Å². The molecule has 1 aromatic heterocycles. The molecule has 0 aliphatic heterocycles. The van der Waals surface area contributed by atoms with E-state index in [9.17, 15) is 4.39 Å². The van der Waals surface area contributed by atoms with Crippen LogP contribution >= 0.6 is 0 Å². The number of anilines is 1. The van der Waals surface area contributed by atoms with Gasteiger partial charge in [-0.1, -0.05) is 6.07 Å². The van der Waals surface area contributed by atoms with Gasteiger partial charge in [-0.05, 0) is 36.2 Å². The normalized spacial score (nSPS) is 10.4. The number of ether oxygens (including phenoxy) is 1. The van der Waals surface area contributed by atoms with E-state index < -0.39 is 0 Å². The number of aromatic nitrogens is 1. The van der Waals surface area contributed by atoms with Crippen molar-refractivity contribution in [1.29, 1.82) is 0 Å². The Hall–Kier alpha value is -2.10. The number of nitrogens with zero attached hydrogens (tertiary/aromatic N) is 1. The van der Waals surface area contributed by atoms with Crippen molar-refractivity contribution in [3.05, 3.63) is 53.0 Å². The Balaban J connectivity index is 2.32. The number of methoxy groups -OCH3 is 1. The number of benzene rings is 1. The van der Waals surface area contributed by atoms with E-state index in [0.29, 0.717) is 12.2 Å². The van der Waals surface area contributed by atoms with Crippen LogP contribution in [0.1, 0.15) is 16.7 Å². The minimum absolute atomic E-state index is 0.245. The van der Waals surface area contributed by atoms with Crippen LogP contribution < -0.4 is 10.5 Å². The van der Waals surface area contributed by atoms with Gasteiger partial charge in [0.05, 0.1) is 7.11 Å². The second kappa shape index (κ2) is 5.04. The number of aryl methyl sites for hydroxylation is 1. The minimum atomic E-state index is -0.366. The molecule has 2 N–H and O–H groups in total. The van der Waals surface area contributed by atoms with Crippen molar-refractivity contribution in [2.45, 2.75) is 13.3 Å². The quantitative estimate of drug-likeness (QED) is 0.905. The zero-order chi connectivity index (χ0) is 13.1. The zero-order valence-corrected chi connectivity index (χ0v) is 10.4. The number of hydrogen-bond donors (Lipinski definition) is 1. The second-order valence-corrected chi connectivity index (χ2v) is 4.14. The molecule has 0 unspecified atom stereocenters. The van der Waals surface area contributed by atoms with E-state index in [4.69, 9.17) is 10.5 Å². The molecule has 0 aliphatic carbocycles. The van der Waals surface area contributed by atoms with Crippen LogP contribution in [0.5, 0.6) is 5.75 Å². The maximum absolute atomic E-state index is 13.6. The molecule has 1 aromatic carbocycles. The first-order valence-corrected chi connectivity index (χ1v) is 5.64. The van der Waals surface area contributed by atoms with E-state index in [2.05, 4.69) is 4.98 Å². The summed E-state index contributed by atoms with van der Waals surface area (Å²) >= 11 is 0. The summed E-state index contributed by atoms with van der Waals surface area (Å²) in [4.78, 5) is 4.05. The van der Waals surface area contributed by atoms with Gasteiger partial charge < -0.3 is 10.5 Å². The third-order valence-electron chi connectivity index (χ3n) is 2.92. The van der Waals surface area contributed by atoms with Crippen molar-refractivity contribution in [3.63, 3.8) is 0 Å². The fourth-order valence-electron chi connectivity index (χ4n) is 1.86. The molecule has 1 heterocycles. The fraction of sp³-hybridized carbons (Fsp3) is 0.214. The predicted octanol–water partition coefficient (Wildman–Crippen LogP) is 2.71. The highest BCUT2D eigenvalue weighted by atomic mass is 19.1. The van der Waals surface area contributed by atoms with E-state index >= 15 is 0 Å². The Bertz CT molecular complexity index is 549. The first kappa shape index (κ1) is 12.4. The Morgan fingerprint density at radius 3 is 2.72 bits per heavy atom. The van der Waals surface area contributed by atoms with Gasteiger partial charge in [-0.25, -0.2) is 9.37 Å². The molecule has 0 amide bonds. The molecule has 0 atom stereocenters. The van der Waals surface area contributed by atoms with Gasteiger partial charge >= 0.3 is 0 Å². The van der Waals surface area contributed by atoms with Crippen LogP contribution in [0.15, 0.2) is 30.5 Å². The Morgan fingerprint density at radius 2 is 2.11 bits per heavy atom. The van der Waals surface area contributed by atoms with Crippen molar-refractivity contribution < 1.29 is 9.13 Å². The molecule has 0 saturated carbocycles. The summed E-state index contributed by atoms with van der Waals surface area (Å²) in [6, 6.07) is 6.80. The van der Waals surface area contributed by atoms with E-state index in [-0.39, 0.29) is 11.6 Å². The van der Waals surface area contributed by atoms with Gasteiger partial charge in [-0.3, -0.25) is 0 Å². The maximum Gasteiger partial charge on any atom is 0.165 e. The van der Waals surface area contributed by atoms with Gasteiger partial charge in [0, 0.05) is 18.2 Å². The number of hydrogen-bond acceptors (Lipinski definition) is 3.